The highest BCUT2D eigenvalue weighted by Crippen LogP contribution is 2.21. The van der Waals surface area contributed by atoms with E-state index < -0.39 is 0 Å². The molecule has 2 heterocycles. The Morgan fingerprint density at radius 3 is 2.94 bits per heavy atom. The van der Waals surface area contributed by atoms with E-state index in [-0.39, 0.29) is 0 Å². The number of pyridine rings is 1. The Labute approximate surface area is 112 Å². The molecule has 2 aromatic heterocycles. The first kappa shape index (κ1) is 13.4. The summed E-state index contributed by atoms with van der Waals surface area (Å²) >= 11 is 1.76. The van der Waals surface area contributed by atoms with Gasteiger partial charge in [0.2, 0.25) is 0 Å². The zero-order chi connectivity index (χ0) is 13.0. The number of nitrogens with zero attached hydrogens (tertiary/aromatic N) is 3. The molecule has 0 saturated heterocycles. The van der Waals surface area contributed by atoms with Crippen LogP contribution >= 0.6 is 11.8 Å². The number of fused-ring (bicyclic) bond motifs is 1. The van der Waals surface area contributed by atoms with Gasteiger partial charge < -0.3 is 5.32 Å². The number of hydrogen-bond acceptors (Lipinski definition) is 4. The van der Waals surface area contributed by atoms with E-state index in [0.29, 0.717) is 11.3 Å². The van der Waals surface area contributed by atoms with Crippen LogP contribution in [0.1, 0.15) is 27.2 Å². The third-order valence-electron chi connectivity index (χ3n) is 2.96. The Balaban J connectivity index is 1.96. The van der Waals surface area contributed by atoms with E-state index in [1.165, 1.54) is 0 Å². The van der Waals surface area contributed by atoms with E-state index in [2.05, 4.69) is 36.3 Å². The molecule has 5 heteroatoms. The molecule has 0 amide bonds. The van der Waals surface area contributed by atoms with Gasteiger partial charge in [0, 0.05) is 24.0 Å². The Hall–Kier alpha value is -1.07. The van der Waals surface area contributed by atoms with Crippen molar-refractivity contribution in [2.75, 3.05) is 6.54 Å². The van der Waals surface area contributed by atoms with Gasteiger partial charge in [-0.25, -0.2) is 0 Å². The molecule has 2 aromatic rings. The minimum Gasteiger partial charge on any atom is -0.313 e. The van der Waals surface area contributed by atoms with E-state index in [1.54, 1.807) is 11.8 Å². The van der Waals surface area contributed by atoms with E-state index in [1.807, 2.05) is 28.8 Å². The highest BCUT2D eigenvalue weighted by atomic mass is 32.2. The maximum absolute atomic E-state index is 4.23. The fourth-order valence-corrected chi connectivity index (χ4v) is 2.53. The molecule has 0 aromatic carbocycles. The third kappa shape index (κ3) is 3.23. The van der Waals surface area contributed by atoms with Crippen LogP contribution in [0.5, 0.6) is 0 Å². The lowest BCUT2D eigenvalue weighted by molar-refractivity contribution is 0.536. The summed E-state index contributed by atoms with van der Waals surface area (Å²) in [6, 6.07) is 6.52. The second kappa shape index (κ2) is 6.20. The maximum Gasteiger partial charge on any atom is 0.195 e. The fourth-order valence-electron chi connectivity index (χ4n) is 1.63. The smallest absolute Gasteiger partial charge is 0.195 e. The molecule has 2 unspecified atom stereocenters. The Bertz CT molecular complexity index is 496. The lowest BCUT2D eigenvalue weighted by Gasteiger charge is -2.15. The number of aromatic nitrogens is 3. The van der Waals surface area contributed by atoms with E-state index in [4.69, 9.17) is 0 Å². The van der Waals surface area contributed by atoms with Gasteiger partial charge in [-0.15, -0.1) is 10.2 Å². The van der Waals surface area contributed by atoms with Crippen LogP contribution in [0.4, 0.5) is 0 Å². The molecule has 4 nitrogen and oxygen atoms in total. The summed E-state index contributed by atoms with van der Waals surface area (Å²) in [5.41, 5.74) is 0.905. The van der Waals surface area contributed by atoms with Gasteiger partial charge in [-0.1, -0.05) is 31.7 Å². The normalized spacial score (nSPS) is 14.8. The zero-order valence-corrected chi connectivity index (χ0v) is 11.9. The second-order valence-corrected chi connectivity index (χ2v) is 5.96. The Morgan fingerprint density at radius 1 is 1.33 bits per heavy atom. The highest BCUT2D eigenvalue weighted by Gasteiger charge is 2.11. The van der Waals surface area contributed by atoms with Crippen LogP contribution in [0, 0.1) is 0 Å². The molecule has 0 bridgehead atoms. The minimum atomic E-state index is 0.478. The van der Waals surface area contributed by atoms with Gasteiger partial charge in [0.15, 0.2) is 10.8 Å². The molecule has 98 valence electrons. The lowest BCUT2D eigenvalue weighted by atomic mass is 10.2. The largest absolute Gasteiger partial charge is 0.313 e. The maximum atomic E-state index is 4.23. The Kier molecular flexibility index (Phi) is 4.60. The topological polar surface area (TPSA) is 42.2 Å². The molecule has 18 heavy (non-hydrogen) atoms. The molecule has 2 rings (SSSR count). The van der Waals surface area contributed by atoms with Gasteiger partial charge >= 0.3 is 0 Å². The third-order valence-corrected chi connectivity index (χ3v) is 4.01. The van der Waals surface area contributed by atoms with Crippen LogP contribution in [-0.4, -0.2) is 32.4 Å². The summed E-state index contributed by atoms with van der Waals surface area (Å²) in [6.07, 6.45) is 3.16. The standard InChI is InChI=1S/C13H20N4S/c1-4-10(2)14-9-11(3)18-13-16-15-12-7-5-6-8-17(12)13/h5-8,10-11,14H,4,9H2,1-3H3. The summed E-state index contributed by atoms with van der Waals surface area (Å²) in [6.45, 7) is 7.61. The van der Waals surface area contributed by atoms with Gasteiger partial charge in [0.05, 0.1) is 0 Å². The predicted molar refractivity (Wildman–Crippen MR) is 76.1 cm³/mol. The van der Waals surface area contributed by atoms with Crippen LogP contribution in [0.3, 0.4) is 0 Å². The average Bonchev–Trinajstić information content (AvgIpc) is 2.79. The second-order valence-electron chi connectivity index (χ2n) is 4.56. The van der Waals surface area contributed by atoms with Crippen LogP contribution in [0.2, 0.25) is 0 Å². The van der Waals surface area contributed by atoms with Gasteiger partial charge in [0.25, 0.3) is 0 Å². The van der Waals surface area contributed by atoms with Crippen LogP contribution in [-0.2, 0) is 0 Å². The highest BCUT2D eigenvalue weighted by molar-refractivity contribution is 7.99. The van der Waals surface area contributed by atoms with Crippen molar-refractivity contribution in [1.82, 2.24) is 19.9 Å². The quantitative estimate of drug-likeness (QED) is 0.814. The lowest BCUT2D eigenvalue weighted by Crippen LogP contribution is -2.30. The van der Waals surface area contributed by atoms with Gasteiger partial charge in [0.1, 0.15) is 0 Å². The molecule has 0 aliphatic heterocycles. The van der Waals surface area contributed by atoms with Crippen molar-refractivity contribution in [3.63, 3.8) is 0 Å². The van der Waals surface area contributed by atoms with Crippen molar-refractivity contribution < 1.29 is 0 Å². The van der Waals surface area contributed by atoms with Crippen molar-refractivity contribution in [2.24, 2.45) is 0 Å². The first-order valence-electron chi connectivity index (χ1n) is 6.40. The fraction of sp³-hybridized carbons (Fsp3) is 0.538. The van der Waals surface area contributed by atoms with Gasteiger partial charge in [-0.05, 0) is 25.5 Å². The first-order valence-corrected chi connectivity index (χ1v) is 7.28. The number of nitrogens with one attached hydrogen (secondary N) is 1. The summed E-state index contributed by atoms with van der Waals surface area (Å²) in [5, 5.41) is 13.3. The summed E-state index contributed by atoms with van der Waals surface area (Å²) < 4.78 is 2.03. The van der Waals surface area contributed by atoms with Crippen molar-refractivity contribution in [1.29, 1.82) is 0 Å². The van der Waals surface area contributed by atoms with Crippen LogP contribution in [0.25, 0.3) is 5.65 Å². The van der Waals surface area contributed by atoms with Crippen molar-refractivity contribution in [3.8, 4) is 0 Å². The summed E-state index contributed by atoms with van der Waals surface area (Å²) in [4.78, 5) is 0. The first-order chi connectivity index (χ1) is 8.70. The minimum absolute atomic E-state index is 0.478. The van der Waals surface area contributed by atoms with Crippen LogP contribution < -0.4 is 5.32 Å². The van der Waals surface area contributed by atoms with E-state index >= 15 is 0 Å². The van der Waals surface area contributed by atoms with E-state index in [0.717, 1.165) is 23.8 Å². The molecule has 0 fully saturated rings. The number of rotatable bonds is 6. The molecule has 2 atom stereocenters. The summed E-state index contributed by atoms with van der Waals surface area (Å²) in [5.74, 6) is 0. The molecule has 0 spiro atoms. The SMILES string of the molecule is CCC(C)NCC(C)Sc1nnc2ccccn12. The Morgan fingerprint density at radius 2 is 2.17 bits per heavy atom. The molecule has 0 saturated carbocycles. The van der Waals surface area contributed by atoms with E-state index in [9.17, 15) is 0 Å². The molecule has 0 aliphatic carbocycles. The van der Waals surface area contributed by atoms with Crippen molar-refractivity contribution in [3.05, 3.63) is 24.4 Å². The molecular weight excluding hydrogens is 244 g/mol. The molecule has 0 aliphatic rings. The number of hydrogen-bond donors (Lipinski definition) is 1. The number of thioether (sulfide) groups is 1. The molecular formula is C13H20N4S. The van der Waals surface area contributed by atoms with Crippen LogP contribution in [0.15, 0.2) is 29.6 Å². The van der Waals surface area contributed by atoms with Gasteiger partial charge in [-0.2, -0.15) is 0 Å². The zero-order valence-electron chi connectivity index (χ0n) is 11.1. The monoisotopic (exact) mass is 264 g/mol. The van der Waals surface area contributed by atoms with Crippen molar-refractivity contribution in [2.45, 2.75) is 43.6 Å². The average molecular weight is 264 g/mol. The van der Waals surface area contributed by atoms with Crippen molar-refractivity contribution >= 4 is 17.4 Å². The summed E-state index contributed by atoms with van der Waals surface area (Å²) in [7, 11) is 0. The predicted octanol–water partition coefficient (Wildman–Crippen LogP) is 2.60. The van der Waals surface area contributed by atoms with Gasteiger partial charge in [-0.3, -0.25) is 4.40 Å². The molecule has 0 radical (unpaired) electrons. The molecule has 1 N–H and O–H groups in total.